The Morgan fingerprint density at radius 3 is 2.22 bits per heavy atom. The topological polar surface area (TPSA) is 78.8 Å². The van der Waals surface area contributed by atoms with Crippen LogP contribution in [0.25, 0.3) is 11.1 Å². The van der Waals surface area contributed by atoms with Crippen molar-refractivity contribution in [2.45, 2.75) is 18.1 Å². The van der Waals surface area contributed by atoms with Crippen LogP contribution in [0.1, 0.15) is 28.7 Å². The molecule has 0 radical (unpaired) electrons. The second-order valence-electron chi connectivity index (χ2n) is 7.48. The van der Waals surface area contributed by atoms with Crippen molar-refractivity contribution < 1.29 is 28.5 Å². The first-order valence-corrected chi connectivity index (χ1v) is 10.3. The van der Waals surface area contributed by atoms with Gasteiger partial charge in [-0.1, -0.05) is 66.2 Å². The minimum Gasteiger partial charge on any atom is -0.449 e. The summed E-state index contributed by atoms with van der Waals surface area (Å²) < 4.78 is 32.7. The minimum atomic E-state index is -1.72. The number of ether oxygens (including phenoxy) is 1. The van der Waals surface area contributed by atoms with Gasteiger partial charge in [0.15, 0.2) is 5.82 Å². The molecule has 0 fully saturated rings. The Hall–Kier alpha value is -3.00. The Morgan fingerprint density at radius 2 is 1.59 bits per heavy atom. The average molecular weight is 460 g/mol. The number of halogens is 3. The number of fused-ring (bicyclic) bond motifs is 3. The number of aliphatic hydroxyl groups excluding tert-OH is 2. The number of nitrogens with one attached hydrogen (secondary N) is 1. The SMILES string of the molecule is O=C(NCC(O)C(O)c1ccc(F)c(Cl)c1F)OCC1c2ccccc2-c2ccccc21. The fraction of sp³-hybridized carbons (Fsp3) is 0.208. The van der Waals surface area contributed by atoms with Crippen LogP contribution in [0.3, 0.4) is 0 Å². The third kappa shape index (κ3) is 4.19. The minimum absolute atomic E-state index is 0.0840. The molecule has 0 aliphatic heterocycles. The molecule has 2 unspecified atom stereocenters. The van der Waals surface area contributed by atoms with Crippen LogP contribution in [0, 0.1) is 11.6 Å². The van der Waals surface area contributed by atoms with Gasteiger partial charge in [0, 0.05) is 18.0 Å². The Kier molecular flexibility index (Phi) is 6.41. The van der Waals surface area contributed by atoms with Crippen LogP contribution < -0.4 is 5.32 Å². The lowest BCUT2D eigenvalue weighted by Gasteiger charge is -2.20. The van der Waals surface area contributed by atoms with Crippen molar-refractivity contribution in [3.8, 4) is 11.1 Å². The fourth-order valence-corrected chi connectivity index (χ4v) is 4.10. The predicted molar refractivity (Wildman–Crippen MR) is 115 cm³/mol. The van der Waals surface area contributed by atoms with Gasteiger partial charge in [0.2, 0.25) is 0 Å². The first-order valence-electron chi connectivity index (χ1n) is 9.97. The van der Waals surface area contributed by atoms with E-state index in [1.165, 1.54) is 0 Å². The van der Waals surface area contributed by atoms with E-state index in [9.17, 15) is 23.8 Å². The molecule has 0 spiro atoms. The lowest BCUT2D eigenvalue weighted by atomic mass is 9.98. The van der Waals surface area contributed by atoms with E-state index in [0.29, 0.717) is 0 Å². The molecule has 0 bridgehead atoms. The highest BCUT2D eigenvalue weighted by Gasteiger charge is 2.29. The Morgan fingerprint density at radius 1 is 1.00 bits per heavy atom. The molecule has 0 saturated heterocycles. The summed E-state index contributed by atoms with van der Waals surface area (Å²) in [6.45, 7) is -0.326. The van der Waals surface area contributed by atoms with Crippen LogP contribution in [0.15, 0.2) is 60.7 Å². The van der Waals surface area contributed by atoms with E-state index < -0.39 is 41.5 Å². The van der Waals surface area contributed by atoms with Gasteiger partial charge >= 0.3 is 6.09 Å². The van der Waals surface area contributed by atoms with Crippen molar-refractivity contribution in [3.63, 3.8) is 0 Å². The molecule has 1 aliphatic carbocycles. The van der Waals surface area contributed by atoms with Crippen LogP contribution in [-0.2, 0) is 4.74 Å². The highest BCUT2D eigenvalue weighted by Crippen LogP contribution is 2.44. The number of aliphatic hydroxyl groups is 2. The number of benzene rings is 3. The zero-order valence-electron chi connectivity index (χ0n) is 16.8. The molecule has 4 rings (SSSR count). The number of hydrogen-bond acceptors (Lipinski definition) is 4. The van der Waals surface area contributed by atoms with Crippen molar-refractivity contribution in [2.75, 3.05) is 13.2 Å². The summed E-state index contributed by atoms with van der Waals surface area (Å²) in [6, 6.07) is 17.7. The molecular formula is C24H20ClF2NO4. The number of carbonyl (C=O) groups excluding carboxylic acids is 1. The predicted octanol–water partition coefficient (Wildman–Crippen LogP) is 4.55. The summed E-state index contributed by atoms with van der Waals surface area (Å²) in [4.78, 5) is 12.2. The second-order valence-corrected chi connectivity index (χ2v) is 7.86. The maximum absolute atomic E-state index is 14.1. The summed E-state index contributed by atoms with van der Waals surface area (Å²) in [5, 5.41) is 21.8. The normalized spacial score (nSPS) is 14.4. The molecule has 2 atom stereocenters. The molecule has 166 valence electrons. The Bertz CT molecular complexity index is 1110. The van der Waals surface area contributed by atoms with Crippen molar-refractivity contribution in [2.24, 2.45) is 0 Å². The van der Waals surface area contributed by atoms with Crippen LogP contribution in [0.5, 0.6) is 0 Å². The van der Waals surface area contributed by atoms with Crippen LogP contribution in [0.2, 0.25) is 5.02 Å². The zero-order valence-corrected chi connectivity index (χ0v) is 17.5. The quantitative estimate of drug-likeness (QED) is 0.472. The molecule has 3 N–H and O–H groups in total. The summed E-state index contributed by atoms with van der Waals surface area (Å²) in [5.74, 6) is -2.27. The summed E-state index contributed by atoms with van der Waals surface area (Å²) in [7, 11) is 0. The molecule has 0 heterocycles. The third-order valence-corrected chi connectivity index (χ3v) is 5.89. The second kappa shape index (κ2) is 9.24. The lowest BCUT2D eigenvalue weighted by molar-refractivity contribution is 0.0165. The van der Waals surface area contributed by atoms with Crippen molar-refractivity contribution in [1.82, 2.24) is 5.32 Å². The largest absolute Gasteiger partial charge is 0.449 e. The van der Waals surface area contributed by atoms with E-state index >= 15 is 0 Å². The average Bonchev–Trinajstić information content (AvgIpc) is 3.13. The molecule has 5 nitrogen and oxygen atoms in total. The summed E-state index contributed by atoms with van der Waals surface area (Å²) >= 11 is 5.50. The summed E-state index contributed by atoms with van der Waals surface area (Å²) in [6.07, 6.45) is -4.08. The van der Waals surface area contributed by atoms with Gasteiger partial charge in [-0.2, -0.15) is 0 Å². The Balaban J connectivity index is 1.36. The highest BCUT2D eigenvalue weighted by atomic mass is 35.5. The van der Waals surface area contributed by atoms with Crippen molar-refractivity contribution in [3.05, 3.63) is 94.0 Å². The van der Waals surface area contributed by atoms with Crippen molar-refractivity contribution in [1.29, 1.82) is 0 Å². The third-order valence-electron chi connectivity index (χ3n) is 5.55. The number of rotatable bonds is 6. The highest BCUT2D eigenvalue weighted by molar-refractivity contribution is 6.30. The molecule has 0 aromatic heterocycles. The van der Waals surface area contributed by atoms with Gasteiger partial charge in [0.25, 0.3) is 0 Å². The number of amides is 1. The van der Waals surface area contributed by atoms with E-state index in [0.717, 1.165) is 34.4 Å². The molecule has 3 aromatic rings. The number of alkyl carbamates (subject to hydrolysis) is 1. The standard InChI is InChI=1S/C24H20ClF2NO4/c25-21-19(26)10-9-17(22(21)27)23(30)20(29)11-28-24(31)32-12-18-15-7-3-1-5-13(15)14-6-2-4-8-16(14)18/h1-10,18,20,23,29-30H,11-12H2,(H,28,31). The van der Waals surface area contributed by atoms with Gasteiger partial charge in [0.05, 0.1) is 0 Å². The first-order chi connectivity index (χ1) is 15.4. The number of carbonyl (C=O) groups is 1. The smallest absolute Gasteiger partial charge is 0.407 e. The van der Waals surface area contributed by atoms with E-state index in [1.807, 2.05) is 48.5 Å². The lowest BCUT2D eigenvalue weighted by Crippen LogP contribution is -2.36. The van der Waals surface area contributed by atoms with Crippen molar-refractivity contribution >= 4 is 17.7 Å². The van der Waals surface area contributed by atoms with E-state index in [4.69, 9.17) is 16.3 Å². The maximum atomic E-state index is 14.1. The van der Waals surface area contributed by atoms with Gasteiger partial charge in [-0.05, 0) is 28.3 Å². The Labute approximate surface area is 188 Å². The molecule has 1 amide bonds. The van der Waals surface area contributed by atoms with Gasteiger partial charge in [0.1, 0.15) is 29.7 Å². The van der Waals surface area contributed by atoms with Crippen LogP contribution >= 0.6 is 11.6 Å². The van der Waals surface area contributed by atoms with E-state index in [-0.39, 0.29) is 18.1 Å². The molecule has 1 aliphatic rings. The van der Waals surface area contributed by atoms with Gasteiger partial charge < -0.3 is 20.3 Å². The van der Waals surface area contributed by atoms with E-state index in [2.05, 4.69) is 5.32 Å². The van der Waals surface area contributed by atoms with Gasteiger partial charge in [-0.15, -0.1) is 0 Å². The van der Waals surface area contributed by atoms with Crippen LogP contribution in [-0.4, -0.2) is 35.6 Å². The number of hydrogen-bond donors (Lipinski definition) is 3. The molecule has 32 heavy (non-hydrogen) atoms. The fourth-order valence-electron chi connectivity index (χ4n) is 3.93. The van der Waals surface area contributed by atoms with Gasteiger partial charge in [-0.25, -0.2) is 13.6 Å². The van der Waals surface area contributed by atoms with Crippen LogP contribution in [0.4, 0.5) is 13.6 Å². The van der Waals surface area contributed by atoms with E-state index in [1.54, 1.807) is 0 Å². The molecule has 8 heteroatoms. The van der Waals surface area contributed by atoms with Gasteiger partial charge in [-0.3, -0.25) is 0 Å². The maximum Gasteiger partial charge on any atom is 0.407 e. The monoisotopic (exact) mass is 459 g/mol. The first kappa shape index (κ1) is 22.2. The molecule has 0 saturated carbocycles. The summed E-state index contributed by atoms with van der Waals surface area (Å²) in [5.41, 5.74) is 3.92. The molecular weight excluding hydrogens is 440 g/mol. The molecule has 3 aromatic carbocycles. The zero-order chi connectivity index (χ0) is 22.8.